The zero-order valence-electron chi connectivity index (χ0n) is 12.6. The molecule has 1 aromatic heterocycles. The predicted octanol–water partition coefficient (Wildman–Crippen LogP) is 3.83. The number of benzene rings is 1. The molecule has 1 N–H and O–H groups in total. The van der Waals surface area contributed by atoms with E-state index in [4.69, 9.17) is 21.7 Å². The van der Waals surface area contributed by atoms with Crippen LogP contribution in [-0.4, -0.2) is 29.9 Å². The number of nitrogens with one attached hydrogen (secondary N) is 1. The zero-order chi connectivity index (χ0) is 15.4. The molecule has 4 nitrogen and oxygen atoms in total. The molecule has 1 heterocycles. The number of rotatable bonds is 3. The number of halogens is 1. The summed E-state index contributed by atoms with van der Waals surface area (Å²) in [5.41, 5.74) is 1.53. The highest BCUT2D eigenvalue weighted by Gasteiger charge is 2.50. The van der Waals surface area contributed by atoms with Crippen LogP contribution in [0.15, 0.2) is 12.1 Å². The molecule has 0 spiro atoms. The number of fused-ring (bicyclic) bond motifs is 1. The third kappa shape index (κ3) is 2.00. The fourth-order valence-electron chi connectivity index (χ4n) is 3.30. The molecule has 0 bridgehead atoms. The second kappa shape index (κ2) is 4.81. The number of ether oxygens (including phenoxy) is 2. The van der Waals surface area contributed by atoms with Gasteiger partial charge in [-0.05, 0) is 18.6 Å². The minimum atomic E-state index is -0.393. The molecule has 1 aromatic carbocycles. The van der Waals surface area contributed by atoms with Gasteiger partial charge in [-0.3, -0.25) is 0 Å². The Balaban J connectivity index is 2.15. The summed E-state index contributed by atoms with van der Waals surface area (Å²) in [6.07, 6.45) is 1.10. The van der Waals surface area contributed by atoms with Gasteiger partial charge < -0.3 is 19.0 Å². The van der Waals surface area contributed by atoms with E-state index in [1.165, 1.54) is 13.2 Å². The lowest BCUT2D eigenvalue weighted by Gasteiger charge is -2.51. The van der Waals surface area contributed by atoms with E-state index in [0.717, 1.165) is 11.9 Å². The van der Waals surface area contributed by atoms with Crippen LogP contribution in [0.4, 0.5) is 4.39 Å². The summed E-state index contributed by atoms with van der Waals surface area (Å²) < 4.78 is 27.1. The molecule has 0 amide bonds. The van der Waals surface area contributed by atoms with E-state index in [9.17, 15) is 4.39 Å². The van der Waals surface area contributed by atoms with E-state index in [-0.39, 0.29) is 23.3 Å². The SMILES string of the molecule is COc1cc2c(cc1F)[nH]c(=S)n2C1CC(OC)C1(C)C. The maximum absolute atomic E-state index is 13.8. The Kier molecular flexibility index (Phi) is 3.33. The minimum Gasteiger partial charge on any atom is -0.494 e. The Morgan fingerprint density at radius 3 is 2.67 bits per heavy atom. The number of aromatic amines is 1. The maximum Gasteiger partial charge on any atom is 0.178 e. The number of hydrogen-bond acceptors (Lipinski definition) is 3. The molecule has 6 heteroatoms. The van der Waals surface area contributed by atoms with Crippen molar-refractivity contribution >= 4 is 23.3 Å². The molecule has 0 aliphatic heterocycles. The van der Waals surface area contributed by atoms with Gasteiger partial charge >= 0.3 is 0 Å². The van der Waals surface area contributed by atoms with E-state index < -0.39 is 5.82 Å². The van der Waals surface area contributed by atoms with Crippen LogP contribution < -0.4 is 4.74 Å². The van der Waals surface area contributed by atoms with E-state index in [2.05, 4.69) is 23.4 Å². The van der Waals surface area contributed by atoms with Gasteiger partial charge in [0, 0.05) is 30.7 Å². The molecular formula is C15H19FN2O2S. The van der Waals surface area contributed by atoms with Crippen LogP contribution in [0.3, 0.4) is 0 Å². The molecule has 1 fully saturated rings. The van der Waals surface area contributed by atoms with Crippen molar-refractivity contribution in [2.24, 2.45) is 5.41 Å². The molecular weight excluding hydrogens is 291 g/mol. The van der Waals surface area contributed by atoms with Crippen LogP contribution in [0.5, 0.6) is 5.75 Å². The van der Waals surface area contributed by atoms with Gasteiger partial charge in [0.05, 0.1) is 24.2 Å². The molecule has 3 rings (SSSR count). The number of aromatic nitrogens is 2. The Morgan fingerprint density at radius 2 is 2.10 bits per heavy atom. The molecule has 0 saturated heterocycles. The highest BCUT2D eigenvalue weighted by atomic mass is 32.1. The molecule has 2 unspecified atom stereocenters. The number of H-pyrrole nitrogens is 1. The van der Waals surface area contributed by atoms with Crippen molar-refractivity contribution in [1.29, 1.82) is 0 Å². The first kappa shape index (κ1) is 14.5. The third-order valence-corrected chi connectivity index (χ3v) is 5.01. The fraction of sp³-hybridized carbons (Fsp3) is 0.533. The van der Waals surface area contributed by atoms with E-state index in [0.29, 0.717) is 10.3 Å². The van der Waals surface area contributed by atoms with Crippen LogP contribution in [-0.2, 0) is 4.74 Å². The lowest BCUT2D eigenvalue weighted by Crippen LogP contribution is -2.51. The van der Waals surface area contributed by atoms with Crippen molar-refractivity contribution in [3.63, 3.8) is 0 Å². The molecule has 1 aliphatic carbocycles. The fourth-order valence-corrected chi connectivity index (χ4v) is 3.63. The zero-order valence-corrected chi connectivity index (χ0v) is 13.4. The summed E-state index contributed by atoms with van der Waals surface area (Å²) in [4.78, 5) is 3.08. The van der Waals surface area contributed by atoms with Gasteiger partial charge in [0.15, 0.2) is 16.3 Å². The second-order valence-corrected chi connectivity index (χ2v) is 6.49. The van der Waals surface area contributed by atoms with Crippen molar-refractivity contribution in [2.75, 3.05) is 14.2 Å². The Morgan fingerprint density at radius 1 is 1.38 bits per heavy atom. The molecule has 0 radical (unpaired) electrons. The number of imidazole rings is 1. The van der Waals surface area contributed by atoms with Crippen LogP contribution >= 0.6 is 12.2 Å². The highest BCUT2D eigenvalue weighted by molar-refractivity contribution is 7.71. The summed E-state index contributed by atoms with van der Waals surface area (Å²) in [6, 6.07) is 3.35. The van der Waals surface area contributed by atoms with Crippen LogP contribution in [0.25, 0.3) is 11.0 Å². The average Bonchev–Trinajstić information content (AvgIpc) is 2.72. The lowest BCUT2D eigenvalue weighted by molar-refractivity contribution is -0.111. The van der Waals surface area contributed by atoms with Crippen LogP contribution in [0, 0.1) is 16.0 Å². The standard InChI is InChI=1S/C15H19FN2O2S/c1-15(2)12(7-13(15)20-4)18-10-6-11(19-3)8(16)5-9(10)17-14(18)21/h5-6,12-13H,7H2,1-4H3,(H,17,21). The van der Waals surface area contributed by atoms with Gasteiger partial charge in [0.1, 0.15) is 0 Å². The van der Waals surface area contributed by atoms with E-state index >= 15 is 0 Å². The predicted molar refractivity (Wildman–Crippen MR) is 81.9 cm³/mol. The lowest BCUT2D eigenvalue weighted by atomic mass is 9.64. The monoisotopic (exact) mass is 310 g/mol. The van der Waals surface area contributed by atoms with Gasteiger partial charge in [0.2, 0.25) is 0 Å². The summed E-state index contributed by atoms with van der Waals surface area (Å²) in [5.74, 6) is -0.165. The normalized spacial score (nSPS) is 24.0. The Bertz CT molecular complexity index is 750. The minimum absolute atomic E-state index is 0.0241. The Hall–Kier alpha value is -1.40. The second-order valence-electron chi connectivity index (χ2n) is 6.10. The number of nitrogens with zero attached hydrogens (tertiary/aromatic N) is 1. The van der Waals surface area contributed by atoms with E-state index in [1.54, 1.807) is 13.2 Å². The first-order chi connectivity index (χ1) is 9.90. The summed E-state index contributed by atoms with van der Waals surface area (Å²) in [5, 5.41) is 0. The Labute approximate surface area is 127 Å². The number of methoxy groups -OCH3 is 2. The van der Waals surface area contributed by atoms with Crippen LogP contribution in [0.1, 0.15) is 26.3 Å². The van der Waals surface area contributed by atoms with Crippen molar-refractivity contribution in [3.8, 4) is 5.75 Å². The summed E-state index contributed by atoms with van der Waals surface area (Å²) in [6.45, 7) is 4.33. The first-order valence-electron chi connectivity index (χ1n) is 6.90. The largest absolute Gasteiger partial charge is 0.494 e. The third-order valence-electron chi connectivity index (χ3n) is 4.71. The van der Waals surface area contributed by atoms with Gasteiger partial charge in [-0.25, -0.2) is 4.39 Å². The van der Waals surface area contributed by atoms with Crippen molar-refractivity contribution in [1.82, 2.24) is 9.55 Å². The van der Waals surface area contributed by atoms with Gasteiger partial charge in [-0.1, -0.05) is 13.8 Å². The molecule has 2 atom stereocenters. The van der Waals surface area contributed by atoms with E-state index in [1.807, 2.05) is 0 Å². The number of hydrogen-bond donors (Lipinski definition) is 1. The van der Waals surface area contributed by atoms with Gasteiger partial charge in [-0.2, -0.15) is 0 Å². The average molecular weight is 310 g/mol. The summed E-state index contributed by atoms with van der Waals surface area (Å²) >= 11 is 5.43. The van der Waals surface area contributed by atoms with Crippen molar-refractivity contribution < 1.29 is 13.9 Å². The van der Waals surface area contributed by atoms with Crippen molar-refractivity contribution in [3.05, 3.63) is 22.7 Å². The molecule has 1 aliphatic rings. The molecule has 114 valence electrons. The quantitative estimate of drug-likeness (QED) is 0.876. The molecule has 1 saturated carbocycles. The molecule has 21 heavy (non-hydrogen) atoms. The highest BCUT2D eigenvalue weighted by Crippen LogP contribution is 2.52. The summed E-state index contributed by atoms with van der Waals surface area (Å²) in [7, 11) is 3.19. The van der Waals surface area contributed by atoms with Gasteiger partial charge in [-0.15, -0.1) is 0 Å². The smallest absolute Gasteiger partial charge is 0.178 e. The van der Waals surface area contributed by atoms with Crippen LogP contribution in [0.2, 0.25) is 0 Å². The topological polar surface area (TPSA) is 39.2 Å². The maximum atomic E-state index is 13.8. The van der Waals surface area contributed by atoms with Crippen molar-refractivity contribution in [2.45, 2.75) is 32.4 Å². The van der Waals surface area contributed by atoms with Gasteiger partial charge in [0.25, 0.3) is 0 Å². The first-order valence-corrected chi connectivity index (χ1v) is 7.31. The molecule has 2 aromatic rings.